The zero-order chi connectivity index (χ0) is 17.4. The number of carbonyl (C=O) groups excluding carboxylic acids is 1. The van der Waals surface area contributed by atoms with Gasteiger partial charge in [-0.2, -0.15) is 0 Å². The van der Waals surface area contributed by atoms with Crippen molar-refractivity contribution in [3.05, 3.63) is 35.8 Å². The number of benzene rings is 1. The average Bonchev–Trinajstić information content (AvgIpc) is 3.30. The van der Waals surface area contributed by atoms with Gasteiger partial charge >= 0.3 is 12.0 Å². The van der Waals surface area contributed by atoms with Crippen molar-refractivity contribution in [2.75, 3.05) is 18.4 Å². The zero-order valence-electron chi connectivity index (χ0n) is 13.6. The van der Waals surface area contributed by atoms with E-state index in [-0.39, 0.29) is 11.9 Å². The molecule has 0 bridgehead atoms. The highest BCUT2D eigenvalue weighted by Crippen LogP contribution is 2.48. The molecule has 25 heavy (non-hydrogen) atoms. The van der Waals surface area contributed by atoms with Crippen LogP contribution in [0.4, 0.5) is 10.5 Å². The molecule has 4 rings (SSSR count). The molecule has 130 valence electrons. The Bertz CT molecular complexity index is 808. The third-order valence-electron chi connectivity index (χ3n) is 5.38. The SMILES string of the molecule is O=C(Nc1cccc(-c2nccs2)c1)N1C[C@@H]2CCC[C@@]2(C(=O)O)C1. The predicted octanol–water partition coefficient (Wildman–Crippen LogP) is 3.53. The molecular formula is C18H19N3O3S. The van der Waals surface area contributed by atoms with E-state index in [2.05, 4.69) is 10.3 Å². The van der Waals surface area contributed by atoms with Gasteiger partial charge in [0.05, 0.1) is 5.41 Å². The van der Waals surface area contributed by atoms with Crippen LogP contribution in [-0.2, 0) is 4.79 Å². The van der Waals surface area contributed by atoms with Crippen LogP contribution in [0.25, 0.3) is 10.6 Å². The number of carbonyl (C=O) groups is 2. The van der Waals surface area contributed by atoms with E-state index in [0.29, 0.717) is 25.2 Å². The van der Waals surface area contributed by atoms with Crippen molar-refractivity contribution in [1.29, 1.82) is 0 Å². The van der Waals surface area contributed by atoms with Crippen molar-refractivity contribution in [3.63, 3.8) is 0 Å². The quantitative estimate of drug-likeness (QED) is 0.880. The Labute approximate surface area is 149 Å². The summed E-state index contributed by atoms with van der Waals surface area (Å²) in [6.45, 7) is 0.815. The summed E-state index contributed by atoms with van der Waals surface area (Å²) in [5, 5.41) is 15.4. The maximum atomic E-state index is 12.6. The van der Waals surface area contributed by atoms with Gasteiger partial charge in [-0.05, 0) is 30.9 Å². The summed E-state index contributed by atoms with van der Waals surface area (Å²) < 4.78 is 0. The lowest BCUT2D eigenvalue weighted by atomic mass is 9.81. The maximum absolute atomic E-state index is 12.6. The molecule has 1 saturated carbocycles. The Morgan fingerprint density at radius 1 is 1.40 bits per heavy atom. The molecule has 0 unspecified atom stereocenters. The second-order valence-electron chi connectivity index (χ2n) is 6.78. The van der Waals surface area contributed by atoms with E-state index in [1.54, 1.807) is 22.4 Å². The average molecular weight is 357 g/mol. The van der Waals surface area contributed by atoms with Gasteiger partial charge in [0, 0.05) is 35.9 Å². The number of likely N-dealkylation sites (tertiary alicyclic amines) is 1. The Morgan fingerprint density at radius 3 is 3.00 bits per heavy atom. The van der Waals surface area contributed by atoms with E-state index >= 15 is 0 Å². The van der Waals surface area contributed by atoms with Gasteiger partial charge in [-0.15, -0.1) is 11.3 Å². The van der Waals surface area contributed by atoms with Crippen LogP contribution in [0.1, 0.15) is 19.3 Å². The lowest BCUT2D eigenvalue weighted by molar-refractivity contribution is -0.149. The minimum atomic E-state index is -0.768. The fourth-order valence-electron chi connectivity index (χ4n) is 4.09. The number of amides is 2. The first-order valence-electron chi connectivity index (χ1n) is 8.38. The van der Waals surface area contributed by atoms with Crippen molar-refractivity contribution in [1.82, 2.24) is 9.88 Å². The first-order valence-corrected chi connectivity index (χ1v) is 9.26. The summed E-state index contributed by atoms with van der Waals surface area (Å²) >= 11 is 1.54. The van der Waals surface area contributed by atoms with Gasteiger partial charge in [0.2, 0.25) is 0 Å². The molecule has 2 atom stereocenters. The van der Waals surface area contributed by atoms with Crippen molar-refractivity contribution < 1.29 is 14.7 Å². The van der Waals surface area contributed by atoms with Crippen LogP contribution in [0, 0.1) is 11.3 Å². The summed E-state index contributed by atoms with van der Waals surface area (Å²) in [4.78, 5) is 30.3. The third kappa shape index (κ3) is 2.78. The van der Waals surface area contributed by atoms with Gasteiger partial charge in [-0.25, -0.2) is 9.78 Å². The third-order valence-corrected chi connectivity index (χ3v) is 6.20. The van der Waals surface area contributed by atoms with Crippen LogP contribution < -0.4 is 5.32 Å². The number of anilines is 1. The van der Waals surface area contributed by atoms with Crippen molar-refractivity contribution in [3.8, 4) is 10.6 Å². The van der Waals surface area contributed by atoms with Gasteiger partial charge in [0.25, 0.3) is 0 Å². The van der Waals surface area contributed by atoms with E-state index in [0.717, 1.165) is 23.4 Å². The number of aromatic nitrogens is 1. The van der Waals surface area contributed by atoms with E-state index in [4.69, 9.17) is 0 Å². The number of hydrogen-bond donors (Lipinski definition) is 2. The topological polar surface area (TPSA) is 82.5 Å². The van der Waals surface area contributed by atoms with Crippen molar-refractivity contribution in [2.24, 2.45) is 11.3 Å². The monoisotopic (exact) mass is 357 g/mol. The lowest BCUT2D eigenvalue weighted by Crippen LogP contribution is -2.38. The van der Waals surface area contributed by atoms with E-state index in [1.165, 1.54) is 0 Å². The second kappa shape index (κ2) is 6.15. The zero-order valence-corrected chi connectivity index (χ0v) is 14.5. The molecule has 2 amide bonds. The summed E-state index contributed by atoms with van der Waals surface area (Å²) in [5.74, 6) is -0.700. The minimum Gasteiger partial charge on any atom is -0.481 e. The summed E-state index contributed by atoms with van der Waals surface area (Å²) in [7, 11) is 0. The Morgan fingerprint density at radius 2 is 2.28 bits per heavy atom. The Balaban J connectivity index is 1.48. The predicted molar refractivity (Wildman–Crippen MR) is 95.6 cm³/mol. The number of fused-ring (bicyclic) bond motifs is 1. The number of nitrogens with one attached hydrogen (secondary N) is 1. The molecule has 2 N–H and O–H groups in total. The number of thiazole rings is 1. The van der Waals surface area contributed by atoms with E-state index in [9.17, 15) is 14.7 Å². The molecule has 0 radical (unpaired) electrons. The molecule has 2 aliphatic rings. The number of carboxylic acids is 1. The Hall–Kier alpha value is -2.41. The number of nitrogens with zero attached hydrogens (tertiary/aromatic N) is 2. The number of aliphatic carboxylic acids is 1. The Kier molecular flexibility index (Phi) is 3.95. The van der Waals surface area contributed by atoms with Crippen LogP contribution in [0.3, 0.4) is 0 Å². The first-order chi connectivity index (χ1) is 12.1. The van der Waals surface area contributed by atoms with Crippen LogP contribution in [-0.4, -0.2) is 40.1 Å². The highest BCUT2D eigenvalue weighted by atomic mass is 32.1. The molecule has 1 aliphatic carbocycles. The van der Waals surface area contributed by atoms with E-state index in [1.807, 2.05) is 29.6 Å². The van der Waals surface area contributed by atoms with Crippen molar-refractivity contribution >= 4 is 29.0 Å². The maximum Gasteiger partial charge on any atom is 0.321 e. The number of rotatable bonds is 3. The van der Waals surface area contributed by atoms with Crippen LogP contribution in [0.5, 0.6) is 0 Å². The summed E-state index contributed by atoms with van der Waals surface area (Å²) in [5.41, 5.74) is 0.896. The molecule has 1 aromatic carbocycles. The molecular weight excluding hydrogens is 338 g/mol. The first kappa shape index (κ1) is 16.1. The summed E-state index contributed by atoms with van der Waals surface area (Å²) in [6.07, 6.45) is 4.23. The standard InChI is InChI=1S/C18H19N3O3S/c22-16(23)18-6-2-4-13(18)10-21(11-18)17(24)20-14-5-1-3-12(9-14)15-19-7-8-25-15/h1,3,5,7-9,13H,2,4,6,10-11H2,(H,20,24)(H,22,23)/t13-,18+/m0/s1. The molecule has 1 aliphatic heterocycles. The number of carboxylic acid groups (broad SMARTS) is 1. The second-order valence-corrected chi connectivity index (χ2v) is 7.67. The van der Waals surface area contributed by atoms with Crippen LogP contribution >= 0.6 is 11.3 Å². The van der Waals surface area contributed by atoms with Gasteiger partial charge in [-0.1, -0.05) is 18.6 Å². The number of hydrogen-bond acceptors (Lipinski definition) is 4. The fourth-order valence-corrected chi connectivity index (χ4v) is 4.73. The van der Waals surface area contributed by atoms with Gasteiger partial charge < -0.3 is 15.3 Å². The molecule has 2 heterocycles. The minimum absolute atomic E-state index is 0.0670. The fraction of sp³-hybridized carbons (Fsp3) is 0.389. The molecule has 0 spiro atoms. The normalized spacial score (nSPS) is 25.0. The number of urea groups is 1. The summed E-state index contributed by atoms with van der Waals surface area (Å²) in [6, 6.07) is 7.32. The largest absolute Gasteiger partial charge is 0.481 e. The van der Waals surface area contributed by atoms with Gasteiger partial charge in [0.1, 0.15) is 5.01 Å². The van der Waals surface area contributed by atoms with Crippen molar-refractivity contribution in [2.45, 2.75) is 19.3 Å². The van der Waals surface area contributed by atoms with Crippen LogP contribution in [0.15, 0.2) is 35.8 Å². The van der Waals surface area contributed by atoms with Gasteiger partial charge in [-0.3, -0.25) is 4.79 Å². The highest BCUT2D eigenvalue weighted by Gasteiger charge is 2.55. The lowest BCUT2D eigenvalue weighted by Gasteiger charge is -2.23. The molecule has 1 saturated heterocycles. The molecule has 2 aromatic rings. The van der Waals surface area contributed by atoms with E-state index < -0.39 is 11.4 Å². The van der Waals surface area contributed by atoms with Gasteiger partial charge in [0.15, 0.2) is 0 Å². The molecule has 2 fully saturated rings. The van der Waals surface area contributed by atoms with Crippen LogP contribution in [0.2, 0.25) is 0 Å². The highest BCUT2D eigenvalue weighted by molar-refractivity contribution is 7.13. The molecule has 7 heteroatoms. The smallest absolute Gasteiger partial charge is 0.321 e. The molecule has 1 aromatic heterocycles. The molecule has 6 nitrogen and oxygen atoms in total.